The monoisotopic (exact) mass is 274 g/mol. The van der Waals surface area contributed by atoms with Crippen molar-refractivity contribution in [3.63, 3.8) is 0 Å². The molecule has 0 saturated heterocycles. The van der Waals surface area contributed by atoms with E-state index in [1.54, 1.807) is 31.4 Å². The predicted molar refractivity (Wildman–Crippen MR) is 77.1 cm³/mol. The largest absolute Gasteiger partial charge is 0.497 e. The van der Waals surface area contributed by atoms with E-state index in [0.29, 0.717) is 5.75 Å². The Kier molecular flexibility index (Phi) is 4.76. The number of nitrogens with zero attached hydrogens (tertiary/aromatic N) is 1. The first-order valence-electron chi connectivity index (χ1n) is 6.47. The van der Waals surface area contributed by atoms with Gasteiger partial charge in [-0.15, -0.1) is 0 Å². The Balaban J connectivity index is 1.77. The average Bonchev–Trinajstić information content (AvgIpc) is 2.89. The fourth-order valence-electron chi connectivity index (χ4n) is 1.83. The Labute approximate surface area is 118 Å². The van der Waals surface area contributed by atoms with Gasteiger partial charge in [0.15, 0.2) is 6.61 Å². The van der Waals surface area contributed by atoms with Gasteiger partial charge in [-0.1, -0.05) is 5.57 Å². The summed E-state index contributed by atoms with van der Waals surface area (Å²) < 4.78 is 10.4. The minimum Gasteiger partial charge on any atom is -0.497 e. The van der Waals surface area contributed by atoms with E-state index in [2.05, 4.69) is 17.5 Å². The van der Waals surface area contributed by atoms with Crippen LogP contribution in [0.4, 0.5) is 0 Å². The normalized spacial score (nSPS) is 15.9. The van der Waals surface area contributed by atoms with Crippen LogP contribution >= 0.6 is 0 Å². The number of amides is 1. The molecule has 0 bridgehead atoms. The third-order valence-electron chi connectivity index (χ3n) is 2.94. The van der Waals surface area contributed by atoms with Crippen LogP contribution in [0.5, 0.6) is 11.5 Å². The zero-order valence-electron chi connectivity index (χ0n) is 11.7. The number of rotatable bonds is 5. The molecule has 1 aromatic carbocycles. The number of nitrogens with one attached hydrogen (secondary N) is 1. The van der Waals surface area contributed by atoms with Crippen molar-refractivity contribution in [2.24, 2.45) is 5.10 Å². The van der Waals surface area contributed by atoms with E-state index in [-0.39, 0.29) is 12.5 Å². The van der Waals surface area contributed by atoms with Crippen LogP contribution in [0.2, 0.25) is 0 Å². The van der Waals surface area contributed by atoms with E-state index in [0.717, 1.165) is 24.3 Å². The van der Waals surface area contributed by atoms with Crippen LogP contribution in [0.1, 0.15) is 19.8 Å². The number of allylic oxidation sites excluding steroid dienone is 2. The van der Waals surface area contributed by atoms with Gasteiger partial charge in [0, 0.05) is 0 Å². The van der Waals surface area contributed by atoms with Gasteiger partial charge < -0.3 is 9.47 Å². The van der Waals surface area contributed by atoms with Crippen molar-refractivity contribution in [3.8, 4) is 11.5 Å². The van der Waals surface area contributed by atoms with Crippen molar-refractivity contribution >= 4 is 11.6 Å². The van der Waals surface area contributed by atoms with Crippen LogP contribution in [0.25, 0.3) is 0 Å². The second-order valence-corrected chi connectivity index (χ2v) is 4.59. The molecule has 1 aliphatic rings. The summed E-state index contributed by atoms with van der Waals surface area (Å²) in [6, 6.07) is 7.06. The Morgan fingerprint density at radius 3 is 2.55 bits per heavy atom. The molecule has 20 heavy (non-hydrogen) atoms. The fourth-order valence-corrected chi connectivity index (χ4v) is 1.83. The second kappa shape index (κ2) is 6.75. The quantitative estimate of drug-likeness (QED) is 0.838. The lowest BCUT2D eigenvalue weighted by atomic mass is 10.3. The van der Waals surface area contributed by atoms with E-state index >= 15 is 0 Å². The summed E-state index contributed by atoms with van der Waals surface area (Å²) in [6.07, 6.45) is 3.88. The molecule has 1 aliphatic carbocycles. The second-order valence-electron chi connectivity index (χ2n) is 4.59. The molecule has 1 aromatic rings. The summed E-state index contributed by atoms with van der Waals surface area (Å²) >= 11 is 0. The van der Waals surface area contributed by atoms with Gasteiger partial charge in [0.05, 0.1) is 12.8 Å². The van der Waals surface area contributed by atoms with Gasteiger partial charge in [0.25, 0.3) is 5.91 Å². The maximum Gasteiger partial charge on any atom is 0.277 e. The third kappa shape index (κ3) is 4.12. The summed E-state index contributed by atoms with van der Waals surface area (Å²) in [4.78, 5) is 11.6. The van der Waals surface area contributed by atoms with Crippen molar-refractivity contribution in [3.05, 3.63) is 35.9 Å². The highest BCUT2D eigenvalue weighted by atomic mass is 16.5. The molecule has 0 radical (unpaired) electrons. The molecule has 0 aromatic heterocycles. The van der Waals surface area contributed by atoms with Gasteiger partial charge in [-0.25, -0.2) is 5.43 Å². The van der Waals surface area contributed by atoms with Crippen molar-refractivity contribution in [2.45, 2.75) is 19.8 Å². The average molecular weight is 274 g/mol. The molecule has 0 heterocycles. The molecular weight excluding hydrogens is 256 g/mol. The Hall–Kier alpha value is -2.30. The molecular formula is C15H18N2O3. The summed E-state index contributed by atoms with van der Waals surface area (Å²) in [5, 5.41) is 4.05. The number of carbonyl (C=O) groups is 1. The van der Waals surface area contributed by atoms with Crippen LogP contribution in [0.3, 0.4) is 0 Å². The number of ether oxygens (including phenoxy) is 2. The molecule has 106 valence electrons. The van der Waals surface area contributed by atoms with Gasteiger partial charge in [0.1, 0.15) is 11.5 Å². The van der Waals surface area contributed by atoms with Crippen molar-refractivity contribution in [1.82, 2.24) is 5.43 Å². The van der Waals surface area contributed by atoms with Crippen molar-refractivity contribution < 1.29 is 14.3 Å². The van der Waals surface area contributed by atoms with Gasteiger partial charge in [-0.05, 0) is 50.1 Å². The summed E-state index contributed by atoms with van der Waals surface area (Å²) in [5.41, 5.74) is 4.68. The van der Waals surface area contributed by atoms with Crippen LogP contribution in [0, 0.1) is 0 Å². The van der Waals surface area contributed by atoms with Crippen molar-refractivity contribution in [2.75, 3.05) is 13.7 Å². The Morgan fingerprint density at radius 1 is 1.25 bits per heavy atom. The zero-order valence-corrected chi connectivity index (χ0v) is 11.7. The van der Waals surface area contributed by atoms with E-state index in [1.165, 1.54) is 5.57 Å². The van der Waals surface area contributed by atoms with Crippen molar-refractivity contribution in [1.29, 1.82) is 0 Å². The minimum atomic E-state index is -0.272. The smallest absolute Gasteiger partial charge is 0.277 e. The summed E-state index contributed by atoms with van der Waals surface area (Å²) in [6.45, 7) is 1.99. The van der Waals surface area contributed by atoms with Crippen LogP contribution in [-0.4, -0.2) is 25.3 Å². The molecule has 0 spiro atoms. The minimum absolute atomic E-state index is 0.0637. The highest BCUT2D eigenvalue weighted by molar-refractivity contribution is 5.98. The summed E-state index contributed by atoms with van der Waals surface area (Å²) in [7, 11) is 1.60. The fraction of sp³-hybridized carbons (Fsp3) is 0.333. The molecule has 2 rings (SSSR count). The number of carbonyl (C=O) groups excluding carboxylic acids is 1. The number of benzene rings is 1. The standard InChI is InChI=1S/C15H18N2O3/c1-11-3-4-12(9-11)16-17-15(18)10-20-14-7-5-13(19-2)6-8-14/h5-9H,3-4,10H2,1-2H3,(H,17,18). The number of methoxy groups -OCH3 is 1. The lowest BCUT2D eigenvalue weighted by Gasteiger charge is -2.06. The van der Waals surface area contributed by atoms with Gasteiger partial charge >= 0.3 is 0 Å². The maximum absolute atomic E-state index is 11.6. The van der Waals surface area contributed by atoms with E-state index in [9.17, 15) is 4.79 Å². The third-order valence-corrected chi connectivity index (χ3v) is 2.94. The first kappa shape index (κ1) is 14.1. The van der Waals surface area contributed by atoms with Crippen LogP contribution < -0.4 is 14.9 Å². The first-order chi connectivity index (χ1) is 9.67. The summed E-state index contributed by atoms with van der Waals surface area (Å²) in [5.74, 6) is 1.09. The van der Waals surface area contributed by atoms with Crippen LogP contribution in [-0.2, 0) is 4.79 Å². The van der Waals surface area contributed by atoms with Gasteiger partial charge in [-0.2, -0.15) is 5.10 Å². The van der Waals surface area contributed by atoms with E-state index < -0.39 is 0 Å². The molecule has 1 amide bonds. The zero-order chi connectivity index (χ0) is 14.4. The lowest BCUT2D eigenvalue weighted by Crippen LogP contribution is -2.25. The molecule has 0 saturated carbocycles. The Morgan fingerprint density at radius 2 is 1.95 bits per heavy atom. The Bertz CT molecular complexity index is 533. The van der Waals surface area contributed by atoms with E-state index in [1.807, 2.05) is 6.08 Å². The molecule has 0 atom stereocenters. The number of hydrazone groups is 1. The number of hydrogen-bond acceptors (Lipinski definition) is 4. The van der Waals surface area contributed by atoms with E-state index in [4.69, 9.17) is 9.47 Å². The molecule has 5 nitrogen and oxygen atoms in total. The van der Waals surface area contributed by atoms with Gasteiger partial charge in [0.2, 0.25) is 0 Å². The number of hydrogen-bond donors (Lipinski definition) is 1. The maximum atomic E-state index is 11.6. The lowest BCUT2D eigenvalue weighted by molar-refractivity contribution is -0.123. The highest BCUT2D eigenvalue weighted by Gasteiger charge is 2.07. The molecule has 1 N–H and O–H groups in total. The molecule has 0 unspecified atom stereocenters. The predicted octanol–water partition coefficient (Wildman–Crippen LogP) is 2.29. The molecule has 5 heteroatoms. The molecule has 0 aliphatic heterocycles. The SMILES string of the molecule is COc1ccc(OCC(=O)NN=C2C=C(C)CC2)cc1. The molecule has 0 fully saturated rings. The van der Waals surface area contributed by atoms with Gasteiger partial charge in [-0.3, -0.25) is 4.79 Å². The highest BCUT2D eigenvalue weighted by Crippen LogP contribution is 2.17. The first-order valence-corrected chi connectivity index (χ1v) is 6.47. The topological polar surface area (TPSA) is 59.9 Å². The van der Waals surface area contributed by atoms with Crippen LogP contribution in [0.15, 0.2) is 41.0 Å².